The highest BCUT2D eigenvalue weighted by atomic mass is 16.3. The molecule has 0 aromatic heterocycles. The molecule has 1 aromatic rings. The molecule has 1 fully saturated rings. The number of hydrogen-bond donors (Lipinski definition) is 3. The zero-order valence-electron chi connectivity index (χ0n) is 10.7. The summed E-state index contributed by atoms with van der Waals surface area (Å²) in [5.74, 6) is -0.201. The third-order valence-electron chi connectivity index (χ3n) is 3.78. The van der Waals surface area contributed by atoms with Crippen molar-refractivity contribution in [1.82, 2.24) is 5.32 Å². The number of rotatable bonds is 3. The number of carbonyl (C=O) groups is 1. The highest BCUT2D eigenvalue weighted by Gasteiger charge is 2.28. The Hall–Kier alpha value is -1.71. The Bertz CT molecular complexity index is 451. The molecule has 0 spiro atoms. The van der Waals surface area contributed by atoms with Gasteiger partial charge in [0.2, 0.25) is 0 Å². The fraction of sp³-hybridized carbons (Fsp3) is 0.500. The monoisotopic (exact) mass is 248 g/mol. The van der Waals surface area contributed by atoms with Gasteiger partial charge in [-0.15, -0.1) is 0 Å². The number of benzene rings is 1. The Kier molecular flexibility index (Phi) is 3.45. The molecule has 4 heteroatoms. The summed E-state index contributed by atoms with van der Waals surface area (Å²) < 4.78 is 0. The van der Waals surface area contributed by atoms with Gasteiger partial charge < -0.3 is 16.2 Å². The van der Waals surface area contributed by atoms with Crippen molar-refractivity contribution in [2.75, 3.05) is 12.3 Å². The first-order valence-electron chi connectivity index (χ1n) is 6.37. The van der Waals surface area contributed by atoms with Crippen LogP contribution in [0.2, 0.25) is 0 Å². The van der Waals surface area contributed by atoms with E-state index >= 15 is 0 Å². The lowest BCUT2D eigenvalue weighted by Gasteiger charge is -2.23. The van der Waals surface area contributed by atoms with Gasteiger partial charge in [-0.2, -0.15) is 0 Å². The molecule has 0 saturated heterocycles. The average Bonchev–Trinajstić information content (AvgIpc) is 2.77. The first-order valence-corrected chi connectivity index (χ1v) is 6.37. The van der Waals surface area contributed by atoms with Crippen molar-refractivity contribution in [3.63, 3.8) is 0 Å². The fourth-order valence-electron chi connectivity index (χ4n) is 2.49. The first-order chi connectivity index (χ1) is 8.50. The number of phenolic OH excluding ortho intramolecular Hbond substituents is 1. The molecule has 0 heterocycles. The minimum absolute atomic E-state index is 0.0465. The summed E-state index contributed by atoms with van der Waals surface area (Å²) in [5, 5.41) is 12.4. The van der Waals surface area contributed by atoms with E-state index in [1.165, 1.54) is 31.7 Å². The molecule has 0 unspecified atom stereocenters. The van der Waals surface area contributed by atoms with E-state index in [2.05, 4.69) is 12.2 Å². The van der Waals surface area contributed by atoms with Gasteiger partial charge in [-0.25, -0.2) is 0 Å². The molecule has 1 aliphatic rings. The standard InChI is InChI=1S/C14H20N2O2/c1-14(6-2-3-7-14)9-16-13(18)10-4-5-11(15)12(17)8-10/h4-5,8,17H,2-3,6-7,9,15H2,1H3,(H,16,18). The number of hydrogen-bond acceptors (Lipinski definition) is 3. The highest BCUT2D eigenvalue weighted by Crippen LogP contribution is 2.36. The molecule has 1 saturated carbocycles. The molecule has 0 aliphatic heterocycles. The van der Waals surface area contributed by atoms with Crippen molar-refractivity contribution in [2.45, 2.75) is 32.6 Å². The topological polar surface area (TPSA) is 75.4 Å². The van der Waals surface area contributed by atoms with Crippen molar-refractivity contribution in [3.8, 4) is 5.75 Å². The molecular formula is C14H20N2O2. The minimum Gasteiger partial charge on any atom is -0.506 e. The van der Waals surface area contributed by atoms with E-state index in [0.717, 1.165) is 0 Å². The quantitative estimate of drug-likeness (QED) is 0.567. The zero-order valence-corrected chi connectivity index (χ0v) is 10.7. The second-order valence-corrected chi connectivity index (χ2v) is 5.47. The summed E-state index contributed by atoms with van der Waals surface area (Å²) in [6.07, 6.45) is 4.82. The van der Waals surface area contributed by atoms with Crippen molar-refractivity contribution in [3.05, 3.63) is 23.8 Å². The van der Waals surface area contributed by atoms with Crippen LogP contribution in [0.3, 0.4) is 0 Å². The number of nitrogens with one attached hydrogen (secondary N) is 1. The van der Waals surface area contributed by atoms with Crippen LogP contribution in [-0.2, 0) is 0 Å². The molecule has 1 aromatic carbocycles. The molecule has 2 rings (SSSR count). The van der Waals surface area contributed by atoms with Crippen molar-refractivity contribution in [2.24, 2.45) is 5.41 Å². The molecule has 0 radical (unpaired) electrons. The van der Waals surface area contributed by atoms with Crippen LogP contribution in [-0.4, -0.2) is 17.6 Å². The lowest BCUT2D eigenvalue weighted by atomic mass is 9.89. The molecule has 4 N–H and O–H groups in total. The van der Waals surface area contributed by atoms with E-state index in [4.69, 9.17) is 5.73 Å². The third-order valence-corrected chi connectivity index (χ3v) is 3.78. The molecule has 18 heavy (non-hydrogen) atoms. The number of nitrogen functional groups attached to an aromatic ring is 1. The Morgan fingerprint density at radius 1 is 1.44 bits per heavy atom. The van der Waals surface area contributed by atoms with E-state index in [0.29, 0.717) is 12.1 Å². The lowest BCUT2D eigenvalue weighted by molar-refractivity contribution is 0.0934. The summed E-state index contributed by atoms with van der Waals surface area (Å²) in [5.41, 5.74) is 6.46. The van der Waals surface area contributed by atoms with Crippen LogP contribution in [0.1, 0.15) is 43.0 Å². The van der Waals surface area contributed by atoms with Crippen LogP contribution in [0.4, 0.5) is 5.69 Å². The van der Waals surface area contributed by atoms with Crippen LogP contribution in [0.25, 0.3) is 0 Å². The molecule has 1 aliphatic carbocycles. The number of amides is 1. The molecular weight excluding hydrogens is 228 g/mol. The number of phenols is 1. The van der Waals surface area contributed by atoms with Gasteiger partial charge in [0, 0.05) is 12.1 Å². The van der Waals surface area contributed by atoms with E-state index in [1.54, 1.807) is 12.1 Å². The summed E-state index contributed by atoms with van der Waals surface area (Å²) in [6.45, 7) is 2.90. The molecule has 0 atom stereocenters. The SMILES string of the molecule is CC1(CNC(=O)c2ccc(N)c(O)c2)CCCC1. The second-order valence-electron chi connectivity index (χ2n) is 5.47. The maximum atomic E-state index is 11.9. The summed E-state index contributed by atoms with van der Waals surface area (Å²) in [4.78, 5) is 11.9. The van der Waals surface area contributed by atoms with E-state index < -0.39 is 0 Å². The van der Waals surface area contributed by atoms with Crippen molar-refractivity contribution < 1.29 is 9.90 Å². The lowest BCUT2D eigenvalue weighted by Crippen LogP contribution is -2.34. The van der Waals surface area contributed by atoms with Crippen LogP contribution >= 0.6 is 0 Å². The van der Waals surface area contributed by atoms with Gasteiger partial charge >= 0.3 is 0 Å². The van der Waals surface area contributed by atoms with E-state index in [-0.39, 0.29) is 22.8 Å². The number of carbonyl (C=O) groups excluding carboxylic acids is 1. The molecule has 4 nitrogen and oxygen atoms in total. The second kappa shape index (κ2) is 4.88. The maximum absolute atomic E-state index is 11.9. The van der Waals surface area contributed by atoms with Gasteiger partial charge in [-0.3, -0.25) is 4.79 Å². The van der Waals surface area contributed by atoms with E-state index in [9.17, 15) is 9.90 Å². The van der Waals surface area contributed by atoms with Crippen molar-refractivity contribution >= 4 is 11.6 Å². The smallest absolute Gasteiger partial charge is 0.251 e. The summed E-state index contributed by atoms with van der Waals surface area (Å²) in [6, 6.07) is 4.57. The number of anilines is 1. The average molecular weight is 248 g/mol. The molecule has 0 bridgehead atoms. The van der Waals surface area contributed by atoms with Crippen LogP contribution in [0.5, 0.6) is 5.75 Å². The normalized spacial score (nSPS) is 17.6. The van der Waals surface area contributed by atoms with Gasteiger partial charge in [0.05, 0.1) is 5.69 Å². The Morgan fingerprint density at radius 2 is 2.11 bits per heavy atom. The minimum atomic E-state index is -0.154. The Morgan fingerprint density at radius 3 is 2.72 bits per heavy atom. The molecule has 98 valence electrons. The number of nitrogens with two attached hydrogens (primary N) is 1. The van der Waals surface area contributed by atoms with Gasteiger partial charge in [0.15, 0.2) is 0 Å². The Labute approximate surface area is 107 Å². The Balaban J connectivity index is 1.97. The number of aromatic hydroxyl groups is 1. The van der Waals surface area contributed by atoms with Gasteiger partial charge in [-0.1, -0.05) is 19.8 Å². The zero-order chi connectivity index (χ0) is 13.2. The van der Waals surface area contributed by atoms with Crippen LogP contribution in [0, 0.1) is 5.41 Å². The fourth-order valence-corrected chi connectivity index (χ4v) is 2.49. The largest absolute Gasteiger partial charge is 0.506 e. The first kappa shape index (κ1) is 12.7. The van der Waals surface area contributed by atoms with Gasteiger partial charge in [-0.05, 0) is 36.5 Å². The highest BCUT2D eigenvalue weighted by molar-refractivity contribution is 5.95. The molecule has 1 amide bonds. The van der Waals surface area contributed by atoms with Crippen LogP contribution < -0.4 is 11.1 Å². The van der Waals surface area contributed by atoms with Crippen molar-refractivity contribution in [1.29, 1.82) is 0 Å². The van der Waals surface area contributed by atoms with Gasteiger partial charge in [0.25, 0.3) is 5.91 Å². The predicted octanol–water partition coefficient (Wildman–Crippen LogP) is 2.28. The predicted molar refractivity (Wildman–Crippen MR) is 71.4 cm³/mol. The summed E-state index contributed by atoms with van der Waals surface area (Å²) in [7, 11) is 0. The third kappa shape index (κ3) is 2.75. The summed E-state index contributed by atoms with van der Waals surface area (Å²) >= 11 is 0. The van der Waals surface area contributed by atoms with Gasteiger partial charge in [0.1, 0.15) is 5.75 Å². The van der Waals surface area contributed by atoms with Crippen LogP contribution in [0.15, 0.2) is 18.2 Å². The maximum Gasteiger partial charge on any atom is 0.251 e. The van der Waals surface area contributed by atoms with E-state index in [1.807, 2.05) is 0 Å².